The minimum Gasteiger partial charge on any atom is -0.492 e. The van der Waals surface area contributed by atoms with Crippen molar-refractivity contribution in [2.24, 2.45) is 10.4 Å². The number of guanidine groups is 1. The fourth-order valence-electron chi connectivity index (χ4n) is 2.05. The van der Waals surface area contributed by atoms with Gasteiger partial charge in [0.2, 0.25) is 0 Å². The summed E-state index contributed by atoms with van der Waals surface area (Å²) in [5.41, 5.74) is 0.0428. The van der Waals surface area contributed by atoms with Gasteiger partial charge in [0, 0.05) is 26.8 Å². The predicted octanol–water partition coefficient (Wildman–Crippen LogP) is 3.05. The van der Waals surface area contributed by atoms with E-state index in [-0.39, 0.29) is 41.3 Å². The van der Waals surface area contributed by atoms with E-state index in [0.717, 1.165) is 0 Å². The topological polar surface area (TPSA) is 54.9 Å². The number of hydrogen-bond acceptors (Lipinski definition) is 3. The zero-order valence-electron chi connectivity index (χ0n) is 15.1. The van der Waals surface area contributed by atoms with Gasteiger partial charge >= 0.3 is 0 Å². The Morgan fingerprint density at radius 1 is 1.29 bits per heavy atom. The van der Waals surface area contributed by atoms with E-state index in [9.17, 15) is 4.39 Å². The highest BCUT2D eigenvalue weighted by atomic mass is 127. The second-order valence-corrected chi connectivity index (χ2v) is 6.28. The van der Waals surface area contributed by atoms with Gasteiger partial charge in [0.15, 0.2) is 5.96 Å². The van der Waals surface area contributed by atoms with Gasteiger partial charge in [0.1, 0.15) is 18.2 Å². The Bertz CT molecular complexity index is 507. The molecule has 0 fully saturated rings. The van der Waals surface area contributed by atoms with Crippen LogP contribution >= 0.6 is 24.0 Å². The molecule has 0 saturated carbocycles. The summed E-state index contributed by atoms with van der Waals surface area (Å²) < 4.78 is 24.0. The molecule has 138 valence electrons. The molecule has 0 spiro atoms. The zero-order valence-corrected chi connectivity index (χ0v) is 17.4. The summed E-state index contributed by atoms with van der Waals surface area (Å²) in [5.74, 6) is 0.891. The maximum absolute atomic E-state index is 13.0. The Hall–Kier alpha value is -1.09. The Morgan fingerprint density at radius 2 is 2.00 bits per heavy atom. The molecule has 0 aliphatic rings. The normalized spacial score (nSPS) is 13.0. The molecular weight excluding hydrogens is 424 g/mol. The molecule has 0 amide bonds. The predicted molar refractivity (Wildman–Crippen MR) is 107 cm³/mol. The minimum atomic E-state index is -0.305. The van der Waals surface area contributed by atoms with Gasteiger partial charge in [0.25, 0.3) is 0 Å². The number of nitrogens with zero attached hydrogens (tertiary/aromatic N) is 1. The van der Waals surface area contributed by atoms with Crippen LogP contribution in [0.2, 0.25) is 0 Å². The molecule has 0 heterocycles. The van der Waals surface area contributed by atoms with E-state index < -0.39 is 0 Å². The highest BCUT2D eigenvalue weighted by Crippen LogP contribution is 2.20. The Morgan fingerprint density at radius 3 is 2.54 bits per heavy atom. The third kappa shape index (κ3) is 8.68. The summed E-state index contributed by atoms with van der Waals surface area (Å²) in [4.78, 5) is 4.16. The van der Waals surface area contributed by atoms with Crippen LogP contribution in [0.3, 0.4) is 0 Å². The zero-order chi connectivity index (χ0) is 17.3. The lowest BCUT2D eigenvalue weighted by atomic mass is 9.89. The molecule has 0 radical (unpaired) electrons. The van der Waals surface area contributed by atoms with Crippen LogP contribution in [0.4, 0.5) is 4.39 Å². The second kappa shape index (κ2) is 11.5. The van der Waals surface area contributed by atoms with Crippen LogP contribution in [-0.4, -0.2) is 45.9 Å². The summed E-state index contributed by atoms with van der Waals surface area (Å²) in [6, 6.07) is 6.09. The summed E-state index contributed by atoms with van der Waals surface area (Å²) in [7, 11) is 3.42. The molecule has 0 bridgehead atoms. The minimum absolute atomic E-state index is 0. The Balaban J connectivity index is 0.00000529. The van der Waals surface area contributed by atoms with Crippen molar-refractivity contribution in [3.05, 3.63) is 30.1 Å². The molecule has 1 aromatic carbocycles. The lowest BCUT2D eigenvalue weighted by molar-refractivity contribution is 0.0205. The van der Waals surface area contributed by atoms with Crippen molar-refractivity contribution in [2.75, 3.05) is 33.9 Å². The van der Waals surface area contributed by atoms with Crippen molar-refractivity contribution >= 4 is 29.9 Å². The van der Waals surface area contributed by atoms with E-state index in [2.05, 4.69) is 36.4 Å². The number of methoxy groups -OCH3 is 1. The fourth-order valence-corrected chi connectivity index (χ4v) is 2.05. The van der Waals surface area contributed by atoms with Crippen molar-refractivity contribution in [3.63, 3.8) is 0 Å². The van der Waals surface area contributed by atoms with Gasteiger partial charge in [0.05, 0.1) is 12.6 Å². The van der Waals surface area contributed by atoms with Crippen LogP contribution in [0.1, 0.15) is 20.8 Å². The Kier molecular flexibility index (Phi) is 10.9. The van der Waals surface area contributed by atoms with Crippen LogP contribution in [0.15, 0.2) is 29.3 Å². The highest BCUT2D eigenvalue weighted by molar-refractivity contribution is 14.0. The maximum atomic E-state index is 13.0. The van der Waals surface area contributed by atoms with Crippen molar-refractivity contribution in [1.82, 2.24) is 10.6 Å². The number of benzene rings is 1. The van der Waals surface area contributed by atoms with Gasteiger partial charge in [-0.05, 0) is 17.5 Å². The van der Waals surface area contributed by atoms with E-state index in [1.165, 1.54) is 12.1 Å². The first-order valence-electron chi connectivity index (χ1n) is 7.72. The maximum Gasteiger partial charge on any atom is 0.191 e. The Labute approximate surface area is 161 Å². The first kappa shape index (κ1) is 22.9. The van der Waals surface area contributed by atoms with Crippen LogP contribution < -0.4 is 15.4 Å². The quantitative estimate of drug-likeness (QED) is 0.289. The monoisotopic (exact) mass is 453 g/mol. The molecule has 1 unspecified atom stereocenters. The molecule has 0 aliphatic carbocycles. The van der Waals surface area contributed by atoms with E-state index in [0.29, 0.717) is 31.4 Å². The molecule has 1 rings (SSSR count). The molecule has 2 N–H and O–H groups in total. The average Bonchev–Trinajstić information content (AvgIpc) is 2.48. The number of halogens is 2. The van der Waals surface area contributed by atoms with Crippen molar-refractivity contribution < 1.29 is 13.9 Å². The molecule has 0 saturated heterocycles. The summed E-state index contributed by atoms with van der Waals surface area (Å²) in [6.45, 7) is 8.02. The molecule has 0 aromatic heterocycles. The van der Waals surface area contributed by atoms with Crippen molar-refractivity contribution in [3.8, 4) is 5.75 Å². The largest absolute Gasteiger partial charge is 0.492 e. The van der Waals surface area contributed by atoms with E-state index in [4.69, 9.17) is 9.47 Å². The third-order valence-electron chi connectivity index (χ3n) is 3.39. The SMILES string of the molecule is CN=C(NCCOc1cccc(F)c1)NCC(OC)C(C)(C)C.I. The smallest absolute Gasteiger partial charge is 0.191 e. The average molecular weight is 453 g/mol. The van der Waals surface area contributed by atoms with Gasteiger partial charge < -0.3 is 20.1 Å². The fraction of sp³-hybridized carbons (Fsp3) is 0.588. The molecule has 1 atom stereocenters. The van der Waals surface area contributed by atoms with E-state index >= 15 is 0 Å². The van der Waals surface area contributed by atoms with Gasteiger partial charge in [-0.25, -0.2) is 4.39 Å². The molecule has 0 aliphatic heterocycles. The number of aliphatic imine (C=N–C) groups is 1. The number of nitrogens with one attached hydrogen (secondary N) is 2. The van der Waals surface area contributed by atoms with Crippen LogP contribution in [0.25, 0.3) is 0 Å². The second-order valence-electron chi connectivity index (χ2n) is 6.28. The lowest BCUT2D eigenvalue weighted by Gasteiger charge is -2.30. The number of hydrogen-bond donors (Lipinski definition) is 2. The van der Waals surface area contributed by atoms with Crippen molar-refractivity contribution in [2.45, 2.75) is 26.9 Å². The van der Waals surface area contributed by atoms with Gasteiger partial charge in [-0.1, -0.05) is 26.8 Å². The first-order chi connectivity index (χ1) is 10.9. The van der Waals surface area contributed by atoms with Crippen LogP contribution in [-0.2, 0) is 4.74 Å². The van der Waals surface area contributed by atoms with Crippen LogP contribution in [0.5, 0.6) is 5.75 Å². The highest BCUT2D eigenvalue weighted by Gasteiger charge is 2.24. The van der Waals surface area contributed by atoms with E-state index in [1.807, 2.05) is 0 Å². The van der Waals surface area contributed by atoms with Crippen LogP contribution in [0, 0.1) is 11.2 Å². The molecule has 1 aromatic rings. The molecule has 24 heavy (non-hydrogen) atoms. The summed E-state index contributed by atoms with van der Waals surface area (Å²) in [5, 5.41) is 6.38. The van der Waals surface area contributed by atoms with Gasteiger partial charge in [-0.15, -0.1) is 24.0 Å². The first-order valence-corrected chi connectivity index (χ1v) is 7.72. The van der Waals surface area contributed by atoms with E-state index in [1.54, 1.807) is 26.3 Å². The molecular formula is C17H29FIN3O2. The third-order valence-corrected chi connectivity index (χ3v) is 3.39. The molecule has 5 nitrogen and oxygen atoms in total. The lowest BCUT2D eigenvalue weighted by Crippen LogP contribution is -2.46. The number of ether oxygens (including phenoxy) is 2. The van der Waals surface area contributed by atoms with Crippen molar-refractivity contribution in [1.29, 1.82) is 0 Å². The standard InChI is InChI=1S/C17H28FN3O2.HI/c1-17(2,3)15(22-5)12-21-16(19-4)20-9-10-23-14-8-6-7-13(18)11-14;/h6-8,11,15H,9-10,12H2,1-5H3,(H2,19,20,21);1H. The van der Waals surface area contributed by atoms with Gasteiger partial charge in [-0.2, -0.15) is 0 Å². The number of rotatable bonds is 7. The summed E-state index contributed by atoms with van der Waals surface area (Å²) in [6.07, 6.45) is 0.0737. The molecule has 7 heteroatoms. The van der Waals surface area contributed by atoms with Gasteiger partial charge in [-0.3, -0.25) is 4.99 Å². The summed E-state index contributed by atoms with van der Waals surface area (Å²) >= 11 is 0.